The molecule has 0 aromatic carbocycles. The Morgan fingerprint density at radius 3 is 2.65 bits per heavy atom. The third-order valence-corrected chi connectivity index (χ3v) is 3.67. The van der Waals surface area contributed by atoms with Crippen molar-refractivity contribution in [1.82, 2.24) is 9.88 Å². The fourth-order valence-electron chi connectivity index (χ4n) is 1.78. The van der Waals surface area contributed by atoms with Gasteiger partial charge in [0.2, 0.25) is 0 Å². The maximum atomic E-state index is 4.36. The Hall–Kier alpha value is -0.450. The predicted molar refractivity (Wildman–Crippen MR) is 82.4 cm³/mol. The van der Waals surface area contributed by atoms with E-state index in [0.717, 1.165) is 31.9 Å². The van der Waals surface area contributed by atoms with Gasteiger partial charge in [-0.25, -0.2) is 4.98 Å². The second kappa shape index (κ2) is 6.47. The van der Waals surface area contributed by atoms with Crippen molar-refractivity contribution >= 4 is 35.8 Å². The topological polar surface area (TPSA) is 19.4 Å². The maximum absolute atomic E-state index is 4.36. The smallest absolute Gasteiger partial charge is 0.114 e. The summed E-state index contributed by atoms with van der Waals surface area (Å²) in [5.74, 6) is 3.00. The Bertz CT molecular complexity index is 416. The first-order valence-corrected chi connectivity index (χ1v) is 8.83. The fraction of sp³-hybridized carbons (Fsp3) is 0.417. The first kappa shape index (κ1) is 13.0. The van der Waals surface area contributed by atoms with Crippen LogP contribution in [0.2, 0.25) is 0 Å². The molecule has 0 unspecified atom stereocenters. The first-order valence-electron chi connectivity index (χ1n) is 5.48. The van der Waals surface area contributed by atoms with Gasteiger partial charge in [-0.15, -0.1) is 0 Å². The average molecular weight is 359 g/mol. The number of likely N-dealkylation sites (N-methyl/N-ethyl adjacent to an activating group) is 1. The van der Waals surface area contributed by atoms with Crippen LogP contribution in [0.25, 0.3) is 0 Å². The summed E-state index contributed by atoms with van der Waals surface area (Å²) in [5, 5.41) is 2.94. The van der Waals surface area contributed by atoms with Crippen LogP contribution >= 0.6 is 30.1 Å². The first-order chi connectivity index (χ1) is 8.29. The fourth-order valence-corrected chi connectivity index (χ4v) is 2.26. The minimum Gasteiger partial charge on any atom is -0.368 e. The molecule has 1 fully saturated rings. The monoisotopic (exact) mass is 359 g/mol. The van der Waals surface area contributed by atoms with Crippen molar-refractivity contribution in [1.29, 1.82) is 0 Å². The van der Waals surface area contributed by atoms with Crippen molar-refractivity contribution in [2.75, 3.05) is 38.1 Å². The van der Waals surface area contributed by atoms with Gasteiger partial charge in [0.15, 0.2) is 0 Å². The van der Waals surface area contributed by atoms with Gasteiger partial charge in [-0.1, -0.05) is 0 Å². The van der Waals surface area contributed by atoms with E-state index >= 15 is 0 Å². The van der Waals surface area contributed by atoms with Gasteiger partial charge in [0.25, 0.3) is 0 Å². The molecule has 2 rings (SSSR count). The second-order valence-electron chi connectivity index (χ2n) is 4.00. The summed E-state index contributed by atoms with van der Waals surface area (Å²) in [5.41, 5.74) is 2.04. The SMILES string of the molecule is CN1CCN(c2ccc(C#CSI)nc2)CC1. The molecule has 0 amide bonds. The molecule has 1 saturated heterocycles. The quantitative estimate of drug-likeness (QED) is 0.566. The lowest BCUT2D eigenvalue weighted by Gasteiger charge is -2.33. The lowest BCUT2D eigenvalue weighted by Crippen LogP contribution is -2.44. The van der Waals surface area contributed by atoms with Crippen molar-refractivity contribution in [3.8, 4) is 11.2 Å². The molecule has 0 atom stereocenters. The number of rotatable bonds is 1. The molecule has 1 aliphatic heterocycles. The predicted octanol–water partition coefficient (Wildman–Crippen LogP) is 2.23. The van der Waals surface area contributed by atoms with Crippen molar-refractivity contribution in [3.63, 3.8) is 0 Å². The lowest BCUT2D eigenvalue weighted by molar-refractivity contribution is 0.313. The molecular formula is C12H14IN3S. The number of hydrogen-bond acceptors (Lipinski definition) is 4. The van der Waals surface area contributed by atoms with Gasteiger partial charge in [0.05, 0.1) is 11.9 Å². The molecule has 1 aliphatic rings. The highest BCUT2D eigenvalue weighted by Crippen LogP contribution is 2.15. The molecule has 0 radical (unpaired) electrons. The molecule has 17 heavy (non-hydrogen) atoms. The van der Waals surface area contributed by atoms with Crippen molar-refractivity contribution < 1.29 is 0 Å². The largest absolute Gasteiger partial charge is 0.368 e. The third-order valence-electron chi connectivity index (χ3n) is 2.83. The zero-order valence-corrected chi connectivity index (χ0v) is 12.7. The Balaban J connectivity index is 2.02. The van der Waals surface area contributed by atoms with Gasteiger partial charge < -0.3 is 9.80 Å². The van der Waals surface area contributed by atoms with Crippen LogP contribution in [0, 0.1) is 11.2 Å². The summed E-state index contributed by atoms with van der Waals surface area (Å²) >= 11 is 2.16. The molecule has 0 aliphatic carbocycles. The molecule has 0 saturated carbocycles. The molecule has 1 aromatic rings. The summed E-state index contributed by atoms with van der Waals surface area (Å²) in [6.07, 6.45) is 1.92. The van der Waals surface area contributed by atoms with Crippen LogP contribution in [0.1, 0.15) is 5.69 Å². The van der Waals surface area contributed by atoms with E-state index in [2.05, 4.69) is 60.3 Å². The van der Waals surface area contributed by atoms with Crippen molar-refractivity contribution in [2.24, 2.45) is 0 Å². The molecule has 5 heteroatoms. The molecule has 0 N–H and O–H groups in total. The van der Waals surface area contributed by atoms with Crippen LogP contribution in [-0.4, -0.2) is 43.1 Å². The van der Waals surface area contributed by atoms with Gasteiger partial charge in [-0.3, -0.25) is 0 Å². The number of piperazine rings is 1. The summed E-state index contributed by atoms with van der Waals surface area (Å²) < 4.78 is 0. The van der Waals surface area contributed by atoms with E-state index in [1.54, 1.807) is 0 Å². The second-order valence-corrected chi connectivity index (χ2v) is 5.68. The Kier molecular flexibility index (Phi) is 4.95. The number of nitrogens with zero attached hydrogens (tertiary/aromatic N) is 3. The minimum atomic E-state index is 0.840. The molecule has 90 valence electrons. The minimum absolute atomic E-state index is 0.840. The summed E-state index contributed by atoms with van der Waals surface area (Å²) in [4.78, 5) is 9.09. The summed E-state index contributed by atoms with van der Waals surface area (Å²) in [6.45, 7) is 4.39. The van der Waals surface area contributed by atoms with Crippen LogP contribution in [0.4, 0.5) is 5.69 Å². The molecule has 1 aromatic heterocycles. The molecule has 2 heterocycles. The Labute approximate surface area is 119 Å². The van der Waals surface area contributed by atoms with Crippen molar-refractivity contribution in [3.05, 3.63) is 24.0 Å². The van der Waals surface area contributed by atoms with Crippen LogP contribution in [-0.2, 0) is 0 Å². The van der Waals surface area contributed by atoms with Gasteiger partial charge in [0, 0.05) is 47.4 Å². The molecular weight excluding hydrogens is 345 g/mol. The third kappa shape index (κ3) is 3.76. The molecule has 3 nitrogen and oxygen atoms in total. The molecule has 0 bridgehead atoms. The summed E-state index contributed by atoms with van der Waals surface area (Å²) in [6, 6.07) is 4.10. The van der Waals surface area contributed by atoms with Gasteiger partial charge in [0.1, 0.15) is 5.69 Å². The van der Waals surface area contributed by atoms with E-state index in [1.165, 1.54) is 14.6 Å². The summed E-state index contributed by atoms with van der Waals surface area (Å²) in [7, 11) is 3.64. The van der Waals surface area contributed by atoms with Crippen LogP contribution < -0.4 is 4.90 Å². The van der Waals surface area contributed by atoms with E-state index in [-0.39, 0.29) is 0 Å². The average Bonchev–Trinajstić information content (AvgIpc) is 2.38. The van der Waals surface area contributed by atoms with E-state index in [9.17, 15) is 0 Å². The van der Waals surface area contributed by atoms with Gasteiger partial charge >= 0.3 is 0 Å². The molecule has 0 spiro atoms. The number of anilines is 1. The Morgan fingerprint density at radius 1 is 1.29 bits per heavy atom. The van der Waals surface area contributed by atoms with Crippen LogP contribution in [0.5, 0.6) is 0 Å². The number of pyridine rings is 1. The van der Waals surface area contributed by atoms with Gasteiger partial charge in [-0.05, 0) is 39.3 Å². The number of halogens is 1. The normalized spacial score (nSPS) is 16.5. The van der Waals surface area contributed by atoms with E-state index in [4.69, 9.17) is 0 Å². The van der Waals surface area contributed by atoms with Crippen molar-refractivity contribution in [2.45, 2.75) is 0 Å². The highest BCUT2D eigenvalue weighted by molar-refractivity contribution is 14.2. The van der Waals surface area contributed by atoms with E-state index in [1.807, 2.05) is 12.3 Å². The van der Waals surface area contributed by atoms with E-state index < -0.39 is 0 Å². The Morgan fingerprint density at radius 2 is 2.06 bits per heavy atom. The number of hydrogen-bond donors (Lipinski definition) is 0. The zero-order chi connectivity index (χ0) is 12.1. The standard InChI is InChI=1S/C12H14IN3S/c1-15-5-7-16(8-6-15)12-3-2-11(14-10-12)4-9-17-13/h2-3,10H,5-8H2,1H3. The highest BCUT2D eigenvalue weighted by Gasteiger charge is 2.13. The lowest BCUT2D eigenvalue weighted by atomic mass is 10.2. The zero-order valence-electron chi connectivity index (χ0n) is 9.69. The van der Waals surface area contributed by atoms with Crippen LogP contribution in [0.3, 0.4) is 0 Å². The van der Waals surface area contributed by atoms with E-state index in [0.29, 0.717) is 0 Å². The van der Waals surface area contributed by atoms with Crippen LogP contribution in [0.15, 0.2) is 18.3 Å². The van der Waals surface area contributed by atoms with Gasteiger partial charge in [-0.2, -0.15) is 0 Å². The highest BCUT2D eigenvalue weighted by atomic mass is 127. The number of aromatic nitrogens is 1. The maximum Gasteiger partial charge on any atom is 0.114 e.